The van der Waals surface area contributed by atoms with Crippen LogP contribution < -0.4 is 0 Å². The number of hydrogen-bond acceptors (Lipinski definition) is 4. The first kappa shape index (κ1) is 17.5. The third kappa shape index (κ3) is 3.95. The van der Waals surface area contributed by atoms with Gasteiger partial charge in [-0.3, -0.25) is 14.4 Å². The Bertz CT molecular complexity index is 927. The van der Waals surface area contributed by atoms with Crippen molar-refractivity contribution in [2.24, 2.45) is 0 Å². The van der Waals surface area contributed by atoms with E-state index in [4.69, 9.17) is 9.52 Å². The monoisotopic (exact) mass is 364 g/mol. The van der Waals surface area contributed by atoms with Crippen molar-refractivity contribution in [1.29, 1.82) is 0 Å². The smallest absolute Gasteiger partial charge is 0.289 e. The van der Waals surface area contributed by atoms with Crippen molar-refractivity contribution in [3.63, 3.8) is 0 Å². The Hall–Kier alpha value is -2.86. The lowest BCUT2D eigenvalue weighted by Crippen LogP contribution is -2.33. The molecular weight excluding hydrogens is 340 g/mol. The molecule has 1 amide bonds. The zero-order valence-electron chi connectivity index (χ0n) is 15.8. The molecule has 3 aromatic rings. The van der Waals surface area contributed by atoms with Gasteiger partial charge < -0.3 is 9.32 Å². The molecule has 6 nitrogen and oxygen atoms in total. The summed E-state index contributed by atoms with van der Waals surface area (Å²) in [4.78, 5) is 15.8. The van der Waals surface area contributed by atoms with Crippen LogP contribution in [0.2, 0.25) is 0 Å². The first-order valence-corrected chi connectivity index (χ1v) is 9.21. The number of amides is 1. The zero-order chi connectivity index (χ0) is 18.8. The van der Waals surface area contributed by atoms with Crippen molar-refractivity contribution >= 4 is 5.91 Å². The number of carbonyl (C=O) groups excluding carboxylic acids is 1. The van der Waals surface area contributed by atoms with Gasteiger partial charge in [-0.15, -0.1) is 0 Å². The minimum absolute atomic E-state index is 0.108. The standard InChI is InChI=1S/C21H24N4O2/c1-23(2)21(26)20-9-8-19(27-20)15-24-10-11-25-18(14-24)13-17(22-25)12-16-6-4-3-5-7-16/h3-9,13H,10-12,14-15H2,1-2H3. The summed E-state index contributed by atoms with van der Waals surface area (Å²) in [5.41, 5.74) is 3.61. The van der Waals surface area contributed by atoms with Crippen molar-refractivity contribution in [2.45, 2.75) is 26.1 Å². The summed E-state index contributed by atoms with van der Waals surface area (Å²) in [5, 5.41) is 4.75. The summed E-state index contributed by atoms with van der Waals surface area (Å²) >= 11 is 0. The van der Waals surface area contributed by atoms with Crippen molar-refractivity contribution in [1.82, 2.24) is 19.6 Å². The highest BCUT2D eigenvalue weighted by atomic mass is 16.4. The predicted molar refractivity (Wildman–Crippen MR) is 102 cm³/mol. The molecule has 2 aromatic heterocycles. The number of fused-ring (bicyclic) bond motifs is 1. The van der Waals surface area contributed by atoms with E-state index >= 15 is 0 Å². The lowest BCUT2D eigenvalue weighted by molar-refractivity contribution is 0.0791. The van der Waals surface area contributed by atoms with Crippen LogP contribution in [0.1, 0.15) is 33.3 Å². The van der Waals surface area contributed by atoms with Gasteiger partial charge in [-0.2, -0.15) is 5.10 Å². The van der Waals surface area contributed by atoms with Gasteiger partial charge in [-0.1, -0.05) is 30.3 Å². The average molecular weight is 364 g/mol. The normalized spacial score (nSPS) is 14.1. The van der Waals surface area contributed by atoms with Crippen LogP contribution in [0, 0.1) is 0 Å². The van der Waals surface area contributed by atoms with Gasteiger partial charge in [-0.25, -0.2) is 0 Å². The van der Waals surface area contributed by atoms with Crippen LogP contribution in [0.3, 0.4) is 0 Å². The molecule has 140 valence electrons. The Morgan fingerprint density at radius 2 is 1.96 bits per heavy atom. The summed E-state index contributed by atoms with van der Waals surface area (Å²) in [5.74, 6) is 1.10. The number of nitrogens with zero attached hydrogens (tertiary/aromatic N) is 4. The number of hydrogen-bond donors (Lipinski definition) is 0. The number of aromatic nitrogens is 2. The Kier molecular flexibility index (Phi) is 4.81. The van der Waals surface area contributed by atoms with Gasteiger partial charge in [-0.05, 0) is 23.8 Å². The van der Waals surface area contributed by atoms with E-state index in [1.807, 2.05) is 12.1 Å². The number of carbonyl (C=O) groups is 1. The van der Waals surface area contributed by atoms with Gasteiger partial charge in [0.25, 0.3) is 5.91 Å². The lowest BCUT2D eigenvalue weighted by Gasteiger charge is -2.26. The van der Waals surface area contributed by atoms with Gasteiger partial charge in [0, 0.05) is 33.6 Å². The summed E-state index contributed by atoms with van der Waals surface area (Å²) in [6, 6.07) is 16.3. The second-order valence-corrected chi connectivity index (χ2v) is 7.19. The Morgan fingerprint density at radius 3 is 2.74 bits per heavy atom. The van der Waals surface area contributed by atoms with Crippen LogP contribution in [0.25, 0.3) is 0 Å². The van der Waals surface area contributed by atoms with E-state index in [0.717, 1.165) is 37.5 Å². The van der Waals surface area contributed by atoms with E-state index in [2.05, 4.69) is 39.9 Å². The van der Waals surface area contributed by atoms with Crippen molar-refractivity contribution in [2.75, 3.05) is 20.6 Å². The Morgan fingerprint density at radius 1 is 1.15 bits per heavy atom. The van der Waals surface area contributed by atoms with Crippen molar-refractivity contribution in [3.05, 3.63) is 77.0 Å². The average Bonchev–Trinajstić information content (AvgIpc) is 3.28. The van der Waals surface area contributed by atoms with Crippen molar-refractivity contribution < 1.29 is 9.21 Å². The molecule has 1 aliphatic heterocycles. The molecule has 0 bridgehead atoms. The fraction of sp³-hybridized carbons (Fsp3) is 0.333. The molecule has 0 N–H and O–H groups in total. The zero-order valence-corrected chi connectivity index (χ0v) is 15.8. The third-order valence-electron chi connectivity index (χ3n) is 4.81. The molecule has 1 aliphatic rings. The number of benzene rings is 1. The topological polar surface area (TPSA) is 54.5 Å². The molecule has 3 heterocycles. The lowest BCUT2D eigenvalue weighted by atomic mass is 10.1. The van der Waals surface area contributed by atoms with Crippen LogP contribution >= 0.6 is 0 Å². The van der Waals surface area contributed by atoms with Crippen LogP contribution in [-0.4, -0.2) is 46.1 Å². The largest absolute Gasteiger partial charge is 0.455 e. The molecular formula is C21H24N4O2. The second kappa shape index (κ2) is 7.40. The summed E-state index contributed by atoms with van der Waals surface area (Å²) in [6.45, 7) is 3.31. The van der Waals surface area contributed by atoms with E-state index in [0.29, 0.717) is 12.3 Å². The molecule has 0 saturated heterocycles. The third-order valence-corrected chi connectivity index (χ3v) is 4.81. The second-order valence-electron chi connectivity index (χ2n) is 7.19. The maximum absolute atomic E-state index is 12.0. The fourth-order valence-corrected chi connectivity index (χ4v) is 3.43. The Labute approximate surface area is 159 Å². The molecule has 1 aromatic carbocycles. The maximum atomic E-state index is 12.0. The molecule has 27 heavy (non-hydrogen) atoms. The first-order valence-electron chi connectivity index (χ1n) is 9.21. The molecule has 6 heteroatoms. The summed E-state index contributed by atoms with van der Waals surface area (Å²) in [6.07, 6.45) is 0.856. The minimum Gasteiger partial charge on any atom is -0.455 e. The SMILES string of the molecule is CN(C)C(=O)c1ccc(CN2CCn3nc(Cc4ccccc4)cc3C2)o1. The van der Waals surface area contributed by atoms with Gasteiger partial charge in [0.1, 0.15) is 5.76 Å². The molecule has 4 rings (SSSR count). The van der Waals surface area contributed by atoms with Crippen LogP contribution in [0.4, 0.5) is 0 Å². The van der Waals surface area contributed by atoms with E-state index in [-0.39, 0.29) is 5.91 Å². The minimum atomic E-state index is -0.108. The van der Waals surface area contributed by atoms with E-state index < -0.39 is 0 Å². The van der Waals surface area contributed by atoms with Crippen LogP contribution in [-0.2, 0) is 26.1 Å². The number of furan rings is 1. The molecule has 0 fully saturated rings. The predicted octanol–water partition coefficient (Wildman–Crippen LogP) is 2.78. The van der Waals surface area contributed by atoms with Gasteiger partial charge in [0.15, 0.2) is 5.76 Å². The van der Waals surface area contributed by atoms with Crippen LogP contribution in [0.15, 0.2) is 52.9 Å². The highest BCUT2D eigenvalue weighted by Crippen LogP contribution is 2.19. The fourth-order valence-electron chi connectivity index (χ4n) is 3.43. The summed E-state index contributed by atoms with van der Waals surface area (Å²) < 4.78 is 7.84. The molecule has 0 atom stereocenters. The quantitative estimate of drug-likeness (QED) is 0.699. The van der Waals surface area contributed by atoms with Crippen molar-refractivity contribution in [3.8, 4) is 0 Å². The van der Waals surface area contributed by atoms with E-state index in [1.54, 1.807) is 20.2 Å². The molecule has 0 radical (unpaired) electrons. The maximum Gasteiger partial charge on any atom is 0.289 e. The van der Waals surface area contributed by atoms with Gasteiger partial charge >= 0.3 is 0 Å². The van der Waals surface area contributed by atoms with E-state index in [9.17, 15) is 4.79 Å². The Balaban J connectivity index is 1.41. The highest BCUT2D eigenvalue weighted by Gasteiger charge is 2.20. The molecule has 0 aliphatic carbocycles. The van der Waals surface area contributed by atoms with E-state index in [1.165, 1.54) is 16.2 Å². The molecule has 0 saturated carbocycles. The molecule has 0 unspecified atom stereocenters. The van der Waals surface area contributed by atoms with Gasteiger partial charge in [0.05, 0.1) is 24.5 Å². The number of rotatable bonds is 5. The van der Waals surface area contributed by atoms with Gasteiger partial charge in [0.2, 0.25) is 0 Å². The molecule has 0 spiro atoms. The van der Waals surface area contributed by atoms with Crippen LogP contribution in [0.5, 0.6) is 0 Å². The first-order chi connectivity index (χ1) is 13.1. The highest BCUT2D eigenvalue weighted by molar-refractivity contribution is 5.91. The summed E-state index contributed by atoms with van der Waals surface area (Å²) in [7, 11) is 3.45.